The van der Waals surface area contributed by atoms with E-state index in [0.717, 1.165) is 24.0 Å². The number of hydrogen-bond acceptors (Lipinski definition) is 3. The molecule has 3 rings (SSSR count). The van der Waals surface area contributed by atoms with Crippen LogP contribution in [0, 0.1) is 24.2 Å². The first-order valence-electron chi connectivity index (χ1n) is 7.18. The topological polar surface area (TPSA) is 64.3 Å². The molecule has 3 atom stereocenters. The third-order valence-corrected chi connectivity index (χ3v) is 5.17. The first-order chi connectivity index (χ1) is 10.0. The monoisotopic (exact) mass is 304 g/mol. The van der Waals surface area contributed by atoms with Gasteiger partial charge in [-0.25, -0.2) is 0 Å². The highest BCUT2D eigenvalue weighted by atomic mass is 35.5. The van der Waals surface area contributed by atoms with Gasteiger partial charge < -0.3 is 10.0 Å². The molecule has 0 spiro atoms. The van der Waals surface area contributed by atoms with E-state index in [-0.39, 0.29) is 24.0 Å². The number of carbonyl (C=O) groups is 1. The maximum atomic E-state index is 12.2. The average Bonchev–Trinajstić information content (AvgIpc) is 2.95. The first kappa shape index (κ1) is 14.4. The smallest absolute Gasteiger partial charge is 0.223 e. The molecule has 1 aliphatic carbocycles. The molecule has 1 unspecified atom stereocenters. The predicted molar refractivity (Wildman–Crippen MR) is 78.6 cm³/mol. The first-order valence-corrected chi connectivity index (χ1v) is 7.56. The Bertz CT molecular complexity index is 638. The summed E-state index contributed by atoms with van der Waals surface area (Å²) < 4.78 is 0. The normalized spacial score (nSPS) is 27.8. The number of benzene rings is 1. The van der Waals surface area contributed by atoms with E-state index in [1.165, 1.54) is 0 Å². The number of hydrogen-bond donors (Lipinski definition) is 1. The molecule has 0 radical (unpaired) electrons. The number of aliphatic hydroxyl groups excluding tert-OH is 1. The summed E-state index contributed by atoms with van der Waals surface area (Å²) in [6.45, 7) is 2.35. The van der Waals surface area contributed by atoms with Crippen LogP contribution in [0.3, 0.4) is 0 Å². The van der Waals surface area contributed by atoms with Crippen molar-refractivity contribution in [3.05, 3.63) is 33.8 Å². The molecular weight excluding hydrogens is 288 g/mol. The van der Waals surface area contributed by atoms with E-state index in [2.05, 4.69) is 6.07 Å². The maximum Gasteiger partial charge on any atom is 0.223 e. The van der Waals surface area contributed by atoms with Crippen molar-refractivity contribution in [2.24, 2.45) is 5.92 Å². The SMILES string of the molecule is Cc1c(CN2C(=O)C[C@@H]3C(O)CC[C@@H]32)ccc(Cl)c1C#N. The van der Waals surface area contributed by atoms with Crippen LogP contribution in [-0.2, 0) is 11.3 Å². The van der Waals surface area contributed by atoms with Crippen molar-refractivity contribution in [2.45, 2.75) is 44.9 Å². The number of likely N-dealkylation sites (tertiary alicyclic amines) is 1. The van der Waals surface area contributed by atoms with E-state index in [1.807, 2.05) is 17.9 Å². The summed E-state index contributed by atoms with van der Waals surface area (Å²) in [5, 5.41) is 19.6. The van der Waals surface area contributed by atoms with E-state index in [4.69, 9.17) is 11.6 Å². The van der Waals surface area contributed by atoms with Crippen LogP contribution in [0.5, 0.6) is 0 Å². The lowest BCUT2D eigenvalue weighted by molar-refractivity contribution is -0.129. The molecule has 5 heteroatoms. The van der Waals surface area contributed by atoms with Crippen molar-refractivity contribution in [3.63, 3.8) is 0 Å². The zero-order valence-electron chi connectivity index (χ0n) is 11.8. The number of amides is 1. The van der Waals surface area contributed by atoms with E-state index in [9.17, 15) is 15.2 Å². The quantitative estimate of drug-likeness (QED) is 0.912. The molecular formula is C16H17ClN2O2. The summed E-state index contributed by atoms with van der Waals surface area (Å²) in [4.78, 5) is 14.1. The minimum atomic E-state index is -0.357. The summed E-state index contributed by atoms with van der Waals surface area (Å²) in [6.07, 6.45) is 1.70. The number of aliphatic hydroxyl groups is 1. The second-order valence-corrected chi connectivity index (χ2v) is 6.33. The van der Waals surface area contributed by atoms with Crippen LogP contribution in [0.25, 0.3) is 0 Å². The molecule has 1 aromatic rings. The molecule has 1 heterocycles. The Morgan fingerprint density at radius 2 is 2.24 bits per heavy atom. The van der Waals surface area contributed by atoms with Crippen LogP contribution < -0.4 is 0 Å². The van der Waals surface area contributed by atoms with Crippen LogP contribution in [0.2, 0.25) is 5.02 Å². The van der Waals surface area contributed by atoms with E-state index >= 15 is 0 Å². The fourth-order valence-electron chi connectivity index (χ4n) is 3.61. The standard InChI is InChI=1S/C16H17ClN2O2/c1-9-10(2-3-13(17)12(9)7-18)8-19-14-4-5-15(20)11(14)6-16(19)21/h2-3,11,14-15,20H,4-6,8H2,1H3/t11-,14-,15?/m0/s1. The van der Waals surface area contributed by atoms with Gasteiger partial charge in [0.1, 0.15) is 6.07 Å². The third kappa shape index (κ3) is 2.31. The molecule has 1 aromatic carbocycles. The molecule has 0 aromatic heterocycles. The van der Waals surface area contributed by atoms with Gasteiger partial charge in [0, 0.05) is 24.9 Å². The van der Waals surface area contributed by atoms with Gasteiger partial charge in [0.05, 0.1) is 16.7 Å². The van der Waals surface area contributed by atoms with Gasteiger partial charge in [-0.1, -0.05) is 17.7 Å². The highest BCUT2D eigenvalue weighted by molar-refractivity contribution is 6.31. The highest BCUT2D eigenvalue weighted by Crippen LogP contribution is 2.40. The van der Waals surface area contributed by atoms with Crippen molar-refractivity contribution < 1.29 is 9.90 Å². The molecule has 0 bridgehead atoms. The second-order valence-electron chi connectivity index (χ2n) is 5.92. The molecule has 1 saturated carbocycles. The Morgan fingerprint density at radius 3 is 2.95 bits per heavy atom. The Balaban J connectivity index is 1.88. The lowest BCUT2D eigenvalue weighted by Gasteiger charge is -2.25. The van der Waals surface area contributed by atoms with Gasteiger partial charge in [0.2, 0.25) is 5.91 Å². The minimum absolute atomic E-state index is 0.0699. The van der Waals surface area contributed by atoms with Gasteiger partial charge in [-0.15, -0.1) is 0 Å². The maximum absolute atomic E-state index is 12.2. The molecule has 4 nitrogen and oxygen atoms in total. The molecule has 1 saturated heterocycles. The number of carbonyl (C=O) groups excluding carboxylic acids is 1. The van der Waals surface area contributed by atoms with Crippen molar-refractivity contribution in [3.8, 4) is 6.07 Å². The van der Waals surface area contributed by atoms with Gasteiger partial charge >= 0.3 is 0 Å². The Kier molecular flexibility index (Phi) is 3.64. The van der Waals surface area contributed by atoms with E-state index in [0.29, 0.717) is 23.6 Å². The zero-order chi connectivity index (χ0) is 15.1. The molecule has 21 heavy (non-hydrogen) atoms. The Hall–Kier alpha value is -1.57. The average molecular weight is 305 g/mol. The van der Waals surface area contributed by atoms with E-state index in [1.54, 1.807) is 6.07 Å². The van der Waals surface area contributed by atoms with Crippen LogP contribution in [0.1, 0.15) is 36.0 Å². The van der Waals surface area contributed by atoms with Gasteiger partial charge in [0.15, 0.2) is 0 Å². The van der Waals surface area contributed by atoms with E-state index < -0.39 is 0 Å². The largest absolute Gasteiger partial charge is 0.393 e. The highest BCUT2D eigenvalue weighted by Gasteiger charge is 2.47. The molecule has 1 amide bonds. The van der Waals surface area contributed by atoms with Crippen molar-refractivity contribution in [1.82, 2.24) is 4.90 Å². The van der Waals surface area contributed by atoms with Crippen LogP contribution in [0.15, 0.2) is 12.1 Å². The van der Waals surface area contributed by atoms with Crippen LogP contribution in [-0.4, -0.2) is 28.1 Å². The van der Waals surface area contributed by atoms with Crippen molar-refractivity contribution in [1.29, 1.82) is 5.26 Å². The van der Waals surface area contributed by atoms with Crippen molar-refractivity contribution in [2.75, 3.05) is 0 Å². The summed E-state index contributed by atoms with van der Waals surface area (Å²) in [5.74, 6) is 0.164. The van der Waals surface area contributed by atoms with Crippen molar-refractivity contribution >= 4 is 17.5 Å². The zero-order valence-corrected chi connectivity index (χ0v) is 12.6. The minimum Gasteiger partial charge on any atom is -0.393 e. The second kappa shape index (κ2) is 5.32. The van der Waals surface area contributed by atoms with Gasteiger partial charge in [-0.05, 0) is 37.0 Å². The summed E-state index contributed by atoms with van der Waals surface area (Å²) >= 11 is 6.02. The van der Waals surface area contributed by atoms with Gasteiger partial charge in [-0.2, -0.15) is 5.26 Å². The number of halogens is 1. The van der Waals surface area contributed by atoms with Crippen LogP contribution >= 0.6 is 11.6 Å². The molecule has 1 N–H and O–H groups in total. The molecule has 2 aliphatic rings. The Morgan fingerprint density at radius 1 is 1.48 bits per heavy atom. The fraction of sp³-hybridized carbons (Fsp3) is 0.500. The van der Waals surface area contributed by atoms with Gasteiger partial charge in [0.25, 0.3) is 0 Å². The Labute approximate surface area is 128 Å². The lowest BCUT2D eigenvalue weighted by Crippen LogP contribution is -2.33. The number of fused-ring (bicyclic) bond motifs is 1. The number of nitriles is 1. The summed E-state index contributed by atoms with van der Waals surface area (Å²) in [6, 6.07) is 5.84. The molecule has 1 aliphatic heterocycles. The number of rotatable bonds is 2. The molecule has 2 fully saturated rings. The lowest BCUT2D eigenvalue weighted by atomic mass is 10.0. The third-order valence-electron chi connectivity index (χ3n) is 4.86. The number of nitrogens with zero attached hydrogens (tertiary/aromatic N) is 2. The summed E-state index contributed by atoms with van der Waals surface area (Å²) in [7, 11) is 0. The molecule has 110 valence electrons. The fourth-order valence-corrected chi connectivity index (χ4v) is 3.86. The summed E-state index contributed by atoms with van der Waals surface area (Å²) in [5.41, 5.74) is 2.26. The van der Waals surface area contributed by atoms with Crippen LogP contribution in [0.4, 0.5) is 0 Å². The predicted octanol–water partition coefficient (Wildman–Crippen LogP) is 2.39. The van der Waals surface area contributed by atoms with Gasteiger partial charge in [-0.3, -0.25) is 4.79 Å².